The number of nitrogens with one attached hydrogen (secondary N) is 1. The maximum atomic E-state index is 13.2. The van der Waals surface area contributed by atoms with Gasteiger partial charge in [-0.1, -0.05) is 12.1 Å². The minimum Gasteiger partial charge on any atom is -0.383 e. The van der Waals surface area contributed by atoms with Crippen LogP contribution in [0, 0.1) is 5.82 Å². The zero-order valence-electron chi connectivity index (χ0n) is 10.5. The van der Waals surface area contributed by atoms with Gasteiger partial charge in [0.1, 0.15) is 5.82 Å². The van der Waals surface area contributed by atoms with Crippen molar-refractivity contribution in [3.63, 3.8) is 0 Å². The summed E-state index contributed by atoms with van der Waals surface area (Å²) in [6.45, 7) is 3.82. The largest absolute Gasteiger partial charge is 0.383 e. The highest BCUT2D eigenvalue weighted by Gasteiger charge is 2.32. The van der Waals surface area contributed by atoms with E-state index in [-0.39, 0.29) is 11.4 Å². The molecular formula is C14H20FNO. The quantitative estimate of drug-likeness (QED) is 0.872. The van der Waals surface area contributed by atoms with Crippen LogP contribution >= 0.6 is 0 Å². The normalized spacial score (nSPS) is 29.2. The van der Waals surface area contributed by atoms with Crippen LogP contribution in [0.5, 0.6) is 0 Å². The van der Waals surface area contributed by atoms with Crippen molar-refractivity contribution >= 4 is 0 Å². The summed E-state index contributed by atoms with van der Waals surface area (Å²) in [4.78, 5) is 0. The molecule has 1 aromatic rings. The van der Waals surface area contributed by atoms with Crippen molar-refractivity contribution in [1.82, 2.24) is 5.32 Å². The van der Waals surface area contributed by atoms with Gasteiger partial charge in [0.25, 0.3) is 0 Å². The number of methoxy groups -OCH3 is 1. The van der Waals surface area contributed by atoms with Crippen LogP contribution < -0.4 is 5.32 Å². The Morgan fingerprint density at radius 1 is 1.53 bits per heavy atom. The highest BCUT2D eigenvalue weighted by Crippen LogP contribution is 2.32. The lowest BCUT2D eigenvalue weighted by Crippen LogP contribution is -2.51. The van der Waals surface area contributed by atoms with Crippen molar-refractivity contribution in [2.24, 2.45) is 0 Å². The van der Waals surface area contributed by atoms with Crippen LogP contribution in [0.25, 0.3) is 0 Å². The summed E-state index contributed by atoms with van der Waals surface area (Å²) in [7, 11) is 1.72. The molecule has 0 amide bonds. The first-order valence-electron chi connectivity index (χ1n) is 6.12. The molecule has 3 heteroatoms. The van der Waals surface area contributed by atoms with Crippen LogP contribution in [0.3, 0.4) is 0 Å². The number of ether oxygens (including phenoxy) is 1. The molecule has 2 rings (SSSR count). The molecule has 1 N–H and O–H groups in total. The maximum Gasteiger partial charge on any atom is 0.123 e. The molecule has 0 aliphatic carbocycles. The lowest BCUT2D eigenvalue weighted by atomic mass is 9.80. The third kappa shape index (κ3) is 3.05. The Balaban J connectivity index is 2.12. The van der Waals surface area contributed by atoms with E-state index in [1.54, 1.807) is 19.2 Å². The standard InChI is InChI=1S/C14H20FNO/c1-14(10-17-2)9-12(6-7-16-14)11-4-3-5-13(15)8-11/h3-5,8,12,16H,6-7,9-10H2,1-2H3. The smallest absolute Gasteiger partial charge is 0.123 e. The van der Waals surface area contributed by atoms with E-state index in [2.05, 4.69) is 12.2 Å². The Kier molecular flexibility index (Phi) is 3.79. The third-order valence-corrected chi connectivity index (χ3v) is 3.52. The zero-order valence-corrected chi connectivity index (χ0v) is 10.5. The van der Waals surface area contributed by atoms with Crippen molar-refractivity contribution in [3.8, 4) is 0 Å². The Labute approximate surface area is 102 Å². The fraction of sp³-hybridized carbons (Fsp3) is 0.571. The lowest BCUT2D eigenvalue weighted by molar-refractivity contribution is 0.0946. The van der Waals surface area contributed by atoms with E-state index in [9.17, 15) is 4.39 Å². The summed E-state index contributed by atoms with van der Waals surface area (Å²) in [5, 5.41) is 3.49. The van der Waals surface area contributed by atoms with E-state index in [0.29, 0.717) is 12.5 Å². The molecule has 1 heterocycles. The molecule has 1 aliphatic rings. The van der Waals surface area contributed by atoms with Gasteiger partial charge in [-0.15, -0.1) is 0 Å². The number of hydrogen-bond acceptors (Lipinski definition) is 2. The predicted octanol–water partition coefficient (Wildman–Crippen LogP) is 2.70. The molecule has 17 heavy (non-hydrogen) atoms. The first-order valence-corrected chi connectivity index (χ1v) is 6.12. The SMILES string of the molecule is COCC1(C)CC(c2cccc(F)c2)CCN1. The molecule has 94 valence electrons. The van der Waals surface area contributed by atoms with E-state index in [1.807, 2.05) is 6.07 Å². The van der Waals surface area contributed by atoms with Crippen molar-refractivity contribution in [2.45, 2.75) is 31.2 Å². The minimum absolute atomic E-state index is 0.00395. The van der Waals surface area contributed by atoms with Crippen LogP contribution in [-0.2, 0) is 4.74 Å². The average molecular weight is 237 g/mol. The molecule has 2 unspecified atom stereocenters. The maximum absolute atomic E-state index is 13.2. The average Bonchev–Trinajstić information content (AvgIpc) is 2.29. The van der Waals surface area contributed by atoms with E-state index in [1.165, 1.54) is 6.07 Å². The topological polar surface area (TPSA) is 21.3 Å². The Bertz CT molecular complexity index is 378. The fourth-order valence-corrected chi connectivity index (χ4v) is 2.74. The van der Waals surface area contributed by atoms with Crippen molar-refractivity contribution in [1.29, 1.82) is 0 Å². The van der Waals surface area contributed by atoms with Gasteiger partial charge >= 0.3 is 0 Å². The highest BCUT2D eigenvalue weighted by molar-refractivity contribution is 5.22. The van der Waals surface area contributed by atoms with Crippen molar-refractivity contribution in [2.75, 3.05) is 20.3 Å². The number of benzene rings is 1. The second-order valence-electron chi connectivity index (χ2n) is 5.17. The van der Waals surface area contributed by atoms with Gasteiger partial charge in [-0.05, 0) is 49.9 Å². The molecule has 0 bridgehead atoms. The second kappa shape index (κ2) is 5.15. The molecule has 0 aromatic heterocycles. The van der Waals surface area contributed by atoms with Gasteiger partial charge < -0.3 is 10.1 Å². The summed E-state index contributed by atoms with van der Waals surface area (Å²) >= 11 is 0. The van der Waals surface area contributed by atoms with Gasteiger partial charge in [-0.25, -0.2) is 4.39 Å². The van der Waals surface area contributed by atoms with Gasteiger partial charge in [0.05, 0.1) is 6.61 Å². The van der Waals surface area contributed by atoms with E-state index >= 15 is 0 Å². The van der Waals surface area contributed by atoms with Crippen molar-refractivity contribution < 1.29 is 9.13 Å². The van der Waals surface area contributed by atoms with E-state index in [0.717, 1.165) is 24.9 Å². The van der Waals surface area contributed by atoms with Gasteiger partial charge in [0.2, 0.25) is 0 Å². The predicted molar refractivity (Wildman–Crippen MR) is 66.7 cm³/mol. The van der Waals surface area contributed by atoms with E-state index < -0.39 is 0 Å². The Hall–Kier alpha value is -0.930. The highest BCUT2D eigenvalue weighted by atomic mass is 19.1. The number of piperidine rings is 1. The second-order valence-corrected chi connectivity index (χ2v) is 5.17. The first kappa shape index (κ1) is 12.5. The third-order valence-electron chi connectivity index (χ3n) is 3.52. The molecule has 0 spiro atoms. The van der Waals surface area contributed by atoms with Crippen LogP contribution in [0.4, 0.5) is 4.39 Å². The van der Waals surface area contributed by atoms with Crippen molar-refractivity contribution in [3.05, 3.63) is 35.6 Å². The first-order chi connectivity index (χ1) is 8.13. The molecule has 2 atom stereocenters. The lowest BCUT2D eigenvalue weighted by Gasteiger charge is -2.39. The summed E-state index contributed by atoms with van der Waals surface area (Å²) in [5.41, 5.74) is 1.11. The summed E-state index contributed by atoms with van der Waals surface area (Å²) in [6.07, 6.45) is 2.05. The van der Waals surface area contributed by atoms with Crippen LogP contribution in [-0.4, -0.2) is 25.8 Å². The van der Waals surface area contributed by atoms with E-state index in [4.69, 9.17) is 4.74 Å². The van der Waals surface area contributed by atoms with Crippen LogP contribution in [0.2, 0.25) is 0 Å². The number of halogens is 1. The van der Waals surface area contributed by atoms with Crippen LogP contribution in [0.1, 0.15) is 31.2 Å². The number of rotatable bonds is 3. The van der Waals surface area contributed by atoms with Crippen LogP contribution in [0.15, 0.2) is 24.3 Å². The molecule has 1 aliphatic heterocycles. The molecule has 0 radical (unpaired) electrons. The molecule has 0 saturated carbocycles. The summed E-state index contributed by atoms with van der Waals surface area (Å²) in [6, 6.07) is 6.97. The van der Waals surface area contributed by atoms with Gasteiger partial charge in [0.15, 0.2) is 0 Å². The van der Waals surface area contributed by atoms with Gasteiger partial charge in [0, 0.05) is 12.6 Å². The summed E-state index contributed by atoms with van der Waals surface area (Å²) in [5.74, 6) is 0.279. The number of hydrogen-bond donors (Lipinski definition) is 1. The molecule has 2 nitrogen and oxygen atoms in total. The van der Waals surface area contributed by atoms with Gasteiger partial charge in [-0.3, -0.25) is 0 Å². The zero-order chi connectivity index (χ0) is 12.3. The molecule has 1 aromatic carbocycles. The Morgan fingerprint density at radius 3 is 3.06 bits per heavy atom. The fourth-order valence-electron chi connectivity index (χ4n) is 2.74. The minimum atomic E-state index is -0.144. The molecule has 1 fully saturated rings. The summed E-state index contributed by atoms with van der Waals surface area (Å²) < 4.78 is 18.5. The molecular weight excluding hydrogens is 217 g/mol. The monoisotopic (exact) mass is 237 g/mol. The Morgan fingerprint density at radius 2 is 2.35 bits per heavy atom. The molecule has 1 saturated heterocycles. The van der Waals surface area contributed by atoms with Gasteiger partial charge in [-0.2, -0.15) is 0 Å².